The molecule has 86 valence electrons. The maximum absolute atomic E-state index is 9.17. The third-order valence-corrected chi connectivity index (χ3v) is 1.15. The SMILES string of the molecule is CCC=O.COc1ccccc1.CSC. The van der Waals surface area contributed by atoms with Gasteiger partial charge in [-0.3, -0.25) is 0 Å². The highest BCUT2D eigenvalue weighted by molar-refractivity contribution is 7.97. The van der Waals surface area contributed by atoms with E-state index in [0.717, 1.165) is 12.0 Å². The highest BCUT2D eigenvalue weighted by Gasteiger charge is 1.80. The topological polar surface area (TPSA) is 26.3 Å². The average molecular weight is 228 g/mol. The van der Waals surface area contributed by atoms with Gasteiger partial charge >= 0.3 is 0 Å². The van der Waals surface area contributed by atoms with E-state index < -0.39 is 0 Å². The number of thioether (sulfide) groups is 1. The summed E-state index contributed by atoms with van der Waals surface area (Å²) >= 11 is 1.75. The molecule has 0 aromatic heterocycles. The van der Waals surface area contributed by atoms with Crippen molar-refractivity contribution in [1.82, 2.24) is 0 Å². The largest absolute Gasteiger partial charge is 0.497 e. The Kier molecular flexibility index (Phi) is 17.0. The van der Waals surface area contributed by atoms with Crippen LogP contribution in [-0.4, -0.2) is 25.9 Å². The summed E-state index contributed by atoms with van der Waals surface area (Å²) in [5.41, 5.74) is 0. The van der Waals surface area contributed by atoms with Crippen molar-refractivity contribution in [3.63, 3.8) is 0 Å². The summed E-state index contributed by atoms with van der Waals surface area (Å²) in [5.74, 6) is 0.910. The minimum Gasteiger partial charge on any atom is -0.497 e. The number of hydrogen-bond donors (Lipinski definition) is 0. The Balaban J connectivity index is 0. The summed E-state index contributed by atoms with van der Waals surface area (Å²) in [6.45, 7) is 1.81. The van der Waals surface area contributed by atoms with Crippen LogP contribution < -0.4 is 4.74 Å². The normalized spacial score (nSPS) is 7.47. The van der Waals surface area contributed by atoms with Gasteiger partial charge in [0.25, 0.3) is 0 Å². The van der Waals surface area contributed by atoms with E-state index >= 15 is 0 Å². The van der Waals surface area contributed by atoms with Crippen LogP contribution in [0.15, 0.2) is 30.3 Å². The average Bonchev–Trinajstić information content (AvgIpc) is 2.31. The van der Waals surface area contributed by atoms with Crippen LogP contribution in [0.3, 0.4) is 0 Å². The van der Waals surface area contributed by atoms with Crippen LogP contribution in [0, 0.1) is 0 Å². The van der Waals surface area contributed by atoms with Crippen LogP contribution in [0.4, 0.5) is 0 Å². The highest BCUT2D eigenvalue weighted by Crippen LogP contribution is 2.05. The van der Waals surface area contributed by atoms with Gasteiger partial charge < -0.3 is 9.53 Å². The van der Waals surface area contributed by atoms with Crippen LogP contribution in [0.25, 0.3) is 0 Å². The van der Waals surface area contributed by atoms with Crippen molar-refractivity contribution in [3.8, 4) is 5.75 Å². The van der Waals surface area contributed by atoms with E-state index in [0.29, 0.717) is 6.42 Å². The predicted molar refractivity (Wildman–Crippen MR) is 68.8 cm³/mol. The van der Waals surface area contributed by atoms with Gasteiger partial charge in [-0.1, -0.05) is 25.1 Å². The fraction of sp³-hybridized carbons (Fsp3) is 0.417. The minimum absolute atomic E-state index is 0.639. The van der Waals surface area contributed by atoms with E-state index in [1.54, 1.807) is 18.9 Å². The van der Waals surface area contributed by atoms with E-state index in [4.69, 9.17) is 4.74 Å². The molecule has 1 rings (SSSR count). The molecule has 0 saturated heterocycles. The molecule has 0 fully saturated rings. The molecule has 0 aliphatic heterocycles. The quantitative estimate of drug-likeness (QED) is 0.727. The Labute approximate surface area is 97.0 Å². The molecule has 0 atom stereocenters. The van der Waals surface area contributed by atoms with Crippen molar-refractivity contribution >= 4 is 18.0 Å². The molecule has 0 unspecified atom stereocenters. The van der Waals surface area contributed by atoms with Crippen LogP contribution in [0.5, 0.6) is 5.75 Å². The van der Waals surface area contributed by atoms with Crippen LogP contribution in [-0.2, 0) is 4.79 Å². The highest BCUT2D eigenvalue weighted by atomic mass is 32.2. The van der Waals surface area contributed by atoms with Crippen molar-refractivity contribution in [2.24, 2.45) is 0 Å². The zero-order chi connectivity index (χ0) is 11.9. The van der Waals surface area contributed by atoms with E-state index in [1.807, 2.05) is 49.8 Å². The molecular formula is C12H20O2S. The van der Waals surface area contributed by atoms with E-state index in [9.17, 15) is 4.79 Å². The van der Waals surface area contributed by atoms with Crippen molar-refractivity contribution in [3.05, 3.63) is 30.3 Å². The molecular weight excluding hydrogens is 208 g/mol. The summed E-state index contributed by atoms with van der Waals surface area (Å²) in [6.07, 6.45) is 5.60. The Morgan fingerprint density at radius 3 is 1.87 bits per heavy atom. The van der Waals surface area contributed by atoms with Gasteiger partial charge in [0.2, 0.25) is 0 Å². The smallest absolute Gasteiger partial charge is 0.119 e. The molecule has 0 spiro atoms. The maximum Gasteiger partial charge on any atom is 0.119 e. The molecule has 0 amide bonds. The first-order valence-electron chi connectivity index (χ1n) is 4.69. The maximum atomic E-state index is 9.17. The van der Waals surface area contributed by atoms with Gasteiger partial charge in [-0.2, -0.15) is 11.8 Å². The van der Waals surface area contributed by atoms with Gasteiger partial charge in [0.1, 0.15) is 12.0 Å². The van der Waals surface area contributed by atoms with Gasteiger partial charge in [0, 0.05) is 6.42 Å². The fourth-order valence-electron chi connectivity index (χ4n) is 0.557. The standard InChI is InChI=1S/C7H8O.C3H6O.C2H6S/c1-8-7-5-3-2-4-6-7;1-2-3-4;1-3-2/h2-6H,1H3;3H,2H2,1H3;1-2H3. The first-order valence-corrected chi connectivity index (χ1v) is 6.32. The van der Waals surface area contributed by atoms with Crippen molar-refractivity contribution in [1.29, 1.82) is 0 Å². The second-order valence-electron chi connectivity index (χ2n) is 2.50. The molecule has 3 heteroatoms. The summed E-state index contributed by atoms with van der Waals surface area (Å²) in [6, 6.07) is 9.68. The number of methoxy groups -OCH3 is 1. The van der Waals surface area contributed by atoms with E-state index in [-0.39, 0.29) is 0 Å². The van der Waals surface area contributed by atoms with Crippen LogP contribution >= 0.6 is 11.8 Å². The van der Waals surface area contributed by atoms with Gasteiger partial charge in [-0.25, -0.2) is 0 Å². The van der Waals surface area contributed by atoms with Crippen molar-refractivity contribution < 1.29 is 9.53 Å². The molecule has 0 saturated carbocycles. The Hall–Kier alpha value is -0.960. The van der Waals surface area contributed by atoms with Crippen LogP contribution in [0.1, 0.15) is 13.3 Å². The second-order valence-corrected chi connectivity index (χ2v) is 3.32. The number of carbonyl (C=O) groups is 1. The second kappa shape index (κ2) is 15.5. The molecule has 15 heavy (non-hydrogen) atoms. The fourth-order valence-corrected chi connectivity index (χ4v) is 0.557. The molecule has 1 aromatic carbocycles. The number of ether oxygens (including phenoxy) is 1. The zero-order valence-electron chi connectivity index (χ0n) is 9.90. The molecule has 0 N–H and O–H groups in total. The Morgan fingerprint density at radius 2 is 1.67 bits per heavy atom. The molecule has 2 nitrogen and oxygen atoms in total. The summed E-state index contributed by atoms with van der Waals surface area (Å²) in [7, 11) is 1.66. The van der Waals surface area contributed by atoms with E-state index in [1.165, 1.54) is 0 Å². The lowest BCUT2D eigenvalue weighted by atomic mass is 10.3. The summed E-state index contributed by atoms with van der Waals surface area (Å²) in [4.78, 5) is 9.17. The third kappa shape index (κ3) is 15.8. The minimum atomic E-state index is 0.639. The Bertz CT molecular complexity index is 212. The lowest BCUT2D eigenvalue weighted by Crippen LogP contribution is -1.78. The molecule has 0 aliphatic carbocycles. The van der Waals surface area contributed by atoms with Gasteiger partial charge in [-0.15, -0.1) is 0 Å². The van der Waals surface area contributed by atoms with Crippen LogP contribution in [0.2, 0.25) is 0 Å². The molecule has 0 heterocycles. The lowest BCUT2D eigenvalue weighted by Gasteiger charge is -1.93. The number of aldehydes is 1. The number of rotatable bonds is 2. The first-order chi connectivity index (χ1) is 7.26. The first kappa shape index (κ1) is 16.5. The number of hydrogen-bond acceptors (Lipinski definition) is 3. The molecule has 0 aliphatic rings. The zero-order valence-corrected chi connectivity index (χ0v) is 10.7. The predicted octanol–water partition coefficient (Wildman–Crippen LogP) is 3.27. The van der Waals surface area contributed by atoms with Gasteiger partial charge in [0.15, 0.2) is 0 Å². The molecule has 0 radical (unpaired) electrons. The van der Waals surface area contributed by atoms with Crippen molar-refractivity contribution in [2.45, 2.75) is 13.3 Å². The van der Waals surface area contributed by atoms with Gasteiger partial charge in [-0.05, 0) is 24.6 Å². The summed E-state index contributed by atoms with van der Waals surface area (Å²) < 4.78 is 4.91. The Morgan fingerprint density at radius 1 is 1.27 bits per heavy atom. The van der Waals surface area contributed by atoms with E-state index in [2.05, 4.69) is 0 Å². The van der Waals surface area contributed by atoms with Crippen molar-refractivity contribution in [2.75, 3.05) is 19.6 Å². The molecule has 1 aromatic rings. The monoisotopic (exact) mass is 228 g/mol. The number of benzene rings is 1. The third-order valence-electron chi connectivity index (χ3n) is 1.15. The summed E-state index contributed by atoms with van der Waals surface area (Å²) in [5, 5.41) is 0. The molecule has 0 bridgehead atoms. The number of carbonyl (C=O) groups excluding carboxylic acids is 1. The van der Waals surface area contributed by atoms with Gasteiger partial charge in [0.05, 0.1) is 7.11 Å². The number of para-hydroxylation sites is 1. The lowest BCUT2D eigenvalue weighted by molar-refractivity contribution is -0.107.